The van der Waals surface area contributed by atoms with E-state index in [9.17, 15) is 0 Å². The quantitative estimate of drug-likeness (QED) is 0.765. The summed E-state index contributed by atoms with van der Waals surface area (Å²) < 4.78 is 0. The Labute approximate surface area is 112 Å². The van der Waals surface area contributed by atoms with Crippen molar-refractivity contribution in [1.82, 2.24) is 15.1 Å². The van der Waals surface area contributed by atoms with Gasteiger partial charge in [0.25, 0.3) is 0 Å². The Morgan fingerprint density at radius 1 is 1.11 bits per heavy atom. The molecule has 3 heteroatoms. The van der Waals surface area contributed by atoms with Crippen molar-refractivity contribution in [3.63, 3.8) is 0 Å². The van der Waals surface area contributed by atoms with Gasteiger partial charge < -0.3 is 5.32 Å². The van der Waals surface area contributed by atoms with Crippen LogP contribution in [0, 0.1) is 0 Å². The topological polar surface area (TPSA) is 18.5 Å². The van der Waals surface area contributed by atoms with Gasteiger partial charge in [-0.05, 0) is 46.6 Å². The Morgan fingerprint density at radius 3 is 2.67 bits per heavy atom. The van der Waals surface area contributed by atoms with Crippen molar-refractivity contribution in [2.24, 2.45) is 0 Å². The van der Waals surface area contributed by atoms with Gasteiger partial charge in [0, 0.05) is 43.3 Å². The van der Waals surface area contributed by atoms with Crippen molar-refractivity contribution < 1.29 is 0 Å². The minimum absolute atomic E-state index is 0.341. The SMILES string of the molecule is CC1CN2CCCCC2CN1C1CNC(C)(C)C1. The van der Waals surface area contributed by atoms with Gasteiger partial charge in [0.2, 0.25) is 0 Å². The highest BCUT2D eigenvalue weighted by molar-refractivity contribution is 4.99. The van der Waals surface area contributed by atoms with E-state index in [0.717, 1.165) is 18.1 Å². The molecule has 3 saturated heterocycles. The number of piperidine rings is 1. The van der Waals surface area contributed by atoms with Crippen LogP contribution in [0.5, 0.6) is 0 Å². The number of nitrogens with one attached hydrogen (secondary N) is 1. The molecule has 0 aliphatic carbocycles. The van der Waals surface area contributed by atoms with Gasteiger partial charge in [0.1, 0.15) is 0 Å². The van der Waals surface area contributed by atoms with E-state index < -0.39 is 0 Å². The van der Waals surface area contributed by atoms with Crippen LogP contribution in [0.1, 0.15) is 46.5 Å². The summed E-state index contributed by atoms with van der Waals surface area (Å²) in [6.45, 7) is 12.2. The average Bonchev–Trinajstić information content (AvgIpc) is 2.68. The molecule has 3 aliphatic rings. The molecule has 0 saturated carbocycles. The van der Waals surface area contributed by atoms with Gasteiger partial charge in [-0.1, -0.05) is 6.42 Å². The maximum Gasteiger partial charge on any atom is 0.0242 e. The summed E-state index contributed by atoms with van der Waals surface area (Å²) in [5.41, 5.74) is 0.341. The lowest BCUT2D eigenvalue weighted by Gasteiger charge is -2.49. The first-order chi connectivity index (χ1) is 8.55. The third kappa shape index (κ3) is 2.45. The van der Waals surface area contributed by atoms with Gasteiger partial charge in [-0.3, -0.25) is 9.80 Å². The van der Waals surface area contributed by atoms with Crippen LogP contribution in [0.4, 0.5) is 0 Å². The number of fused-ring (bicyclic) bond motifs is 1. The van der Waals surface area contributed by atoms with Crippen molar-refractivity contribution in [3.05, 3.63) is 0 Å². The minimum Gasteiger partial charge on any atom is -0.310 e. The van der Waals surface area contributed by atoms with E-state index in [4.69, 9.17) is 0 Å². The molecular formula is C15H29N3. The molecule has 3 nitrogen and oxygen atoms in total. The highest BCUT2D eigenvalue weighted by Crippen LogP contribution is 2.29. The zero-order valence-corrected chi connectivity index (χ0v) is 12.3. The molecule has 3 fully saturated rings. The molecule has 1 N–H and O–H groups in total. The van der Waals surface area contributed by atoms with Crippen molar-refractivity contribution >= 4 is 0 Å². The molecule has 3 atom stereocenters. The number of hydrogen-bond donors (Lipinski definition) is 1. The number of piperazine rings is 1. The molecule has 0 spiro atoms. The summed E-state index contributed by atoms with van der Waals surface area (Å²) in [5.74, 6) is 0. The van der Waals surface area contributed by atoms with Gasteiger partial charge in [-0.25, -0.2) is 0 Å². The summed E-state index contributed by atoms with van der Waals surface area (Å²) in [5, 5.41) is 3.68. The Morgan fingerprint density at radius 2 is 1.94 bits per heavy atom. The number of rotatable bonds is 1. The van der Waals surface area contributed by atoms with Crippen LogP contribution in [0.15, 0.2) is 0 Å². The van der Waals surface area contributed by atoms with Gasteiger partial charge >= 0.3 is 0 Å². The first-order valence-corrected chi connectivity index (χ1v) is 7.80. The molecule has 3 rings (SSSR count). The lowest BCUT2D eigenvalue weighted by Crippen LogP contribution is -2.61. The van der Waals surface area contributed by atoms with E-state index in [2.05, 4.69) is 35.9 Å². The molecule has 3 heterocycles. The molecule has 18 heavy (non-hydrogen) atoms. The molecular weight excluding hydrogens is 222 g/mol. The van der Waals surface area contributed by atoms with Crippen LogP contribution in [-0.4, -0.2) is 59.6 Å². The molecule has 0 aromatic rings. The van der Waals surface area contributed by atoms with E-state index in [1.165, 1.54) is 51.9 Å². The normalized spacial score (nSPS) is 41.8. The van der Waals surface area contributed by atoms with E-state index >= 15 is 0 Å². The molecule has 104 valence electrons. The number of nitrogens with zero attached hydrogens (tertiary/aromatic N) is 2. The molecule has 0 aromatic heterocycles. The lowest BCUT2D eigenvalue weighted by molar-refractivity contribution is -0.00470. The van der Waals surface area contributed by atoms with E-state index in [1.807, 2.05) is 0 Å². The number of hydrogen-bond acceptors (Lipinski definition) is 3. The van der Waals surface area contributed by atoms with Crippen molar-refractivity contribution in [1.29, 1.82) is 0 Å². The Balaban J connectivity index is 1.66. The second-order valence-electron chi connectivity index (χ2n) is 7.31. The van der Waals surface area contributed by atoms with E-state index in [0.29, 0.717) is 5.54 Å². The molecule has 0 bridgehead atoms. The Hall–Kier alpha value is -0.120. The van der Waals surface area contributed by atoms with Crippen LogP contribution in [0.25, 0.3) is 0 Å². The lowest BCUT2D eigenvalue weighted by atomic mass is 9.94. The third-order valence-electron chi connectivity index (χ3n) is 5.27. The molecule has 0 aromatic carbocycles. The summed E-state index contributed by atoms with van der Waals surface area (Å²) in [6, 6.07) is 2.35. The highest BCUT2D eigenvalue weighted by atomic mass is 15.3. The van der Waals surface area contributed by atoms with Crippen LogP contribution >= 0.6 is 0 Å². The third-order valence-corrected chi connectivity index (χ3v) is 5.27. The zero-order chi connectivity index (χ0) is 12.8. The maximum absolute atomic E-state index is 3.68. The largest absolute Gasteiger partial charge is 0.310 e. The Bertz CT molecular complexity index is 302. The predicted octanol–water partition coefficient (Wildman–Crippen LogP) is 1.69. The maximum atomic E-state index is 3.68. The predicted molar refractivity (Wildman–Crippen MR) is 75.9 cm³/mol. The van der Waals surface area contributed by atoms with Crippen LogP contribution < -0.4 is 5.32 Å². The van der Waals surface area contributed by atoms with Gasteiger partial charge in [0.05, 0.1) is 0 Å². The zero-order valence-electron chi connectivity index (χ0n) is 12.3. The second kappa shape index (κ2) is 4.77. The van der Waals surface area contributed by atoms with Gasteiger partial charge in [-0.15, -0.1) is 0 Å². The highest BCUT2D eigenvalue weighted by Gasteiger charge is 2.40. The van der Waals surface area contributed by atoms with Crippen molar-refractivity contribution in [2.75, 3.05) is 26.2 Å². The fraction of sp³-hybridized carbons (Fsp3) is 1.00. The second-order valence-corrected chi connectivity index (χ2v) is 7.31. The van der Waals surface area contributed by atoms with Gasteiger partial charge in [-0.2, -0.15) is 0 Å². The van der Waals surface area contributed by atoms with Crippen LogP contribution in [0.3, 0.4) is 0 Å². The van der Waals surface area contributed by atoms with Crippen molar-refractivity contribution in [3.8, 4) is 0 Å². The first-order valence-electron chi connectivity index (χ1n) is 7.80. The molecule has 0 radical (unpaired) electrons. The summed E-state index contributed by atoms with van der Waals surface area (Å²) in [6.07, 6.45) is 5.59. The monoisotopic (exact) mass is 251 g/mol. The standard InChI is InChI=1S/C15H29N3/c1-12-10-17-7-5-4-6-13(17)11-18(12)14-8-15(2,3)16-9-14/h12-14,16H,4-11H2,1-3H3. The average molecular weight is 251 g/mol. The fourth-order valence-electron chi connectivity index (χ4n) is 4.25. The molecule has 3 aliphatic heterocycles. The first kappa shape index (κ1) is 12.9. The van der Waals surface area contributed by atoms with Crippen LogP contribution in [0.2, 0.25) is 0 Å². The minimum atomic E-state index is 0.341. The summed E-state index contributed by atoms with van der Waals surface area (Å²) >= 11 is 0. The summed E-state index contributed by atoms with van der Waals surface area (Å²) in [7, 11) is 0. The van der Waals surface area contributed by atoms with Gasteiger partial charge in [0.15, 0.2) is 0 Å². The van der Waals surface area contributed by atoms with Crippen molar-refractivity contribution in [2.45, 2.75) is 70.1 Å². The summed E-state index contributed by atoms with van der Waals surface area (Å²) in [4.78, 5) is 5.55. The smallest absolute Gasteiger partial charge is 0.0242 e. The fourth-order valence-corrected chi connectivity index (χ4v) is 4.25. The van der Waals surface area contributed by atoms with E-state index in [-0.39, 0.29) is 0 Å². The Kier molecular flexibility index (Phi) is 3.41. The molecule has 0 amide bonds. The van der Waals surface area contributed by atoms with E-state index in [1.54, 1.807) is 0 Å². The van der Waals surface area contributed by atoms with Crippen LogP contribution in [-0.2, 0) is 0 Å². The molecule has 3 unspecified atom stereocenters.